The molecule has 0 spiro atoms. The Bertz CT molecular complexity index is 1930. The fraction of sp³-hybridized carbons (Fsp3) is 0.294. The van der Waals surface area contributed by atoms with Gasteiger partial charge in [-0.2, -0.15) is 0 Å². The number of hydrogen-bond acceptors (Lipinski definition) is 6. The number of aliphatic hydroxyl groups excluding tert-OH is 2. The molecular weight excluding hydrogens is 616 g/mol. The average Bonchev–Trinajstić information content (AvgIpc) is 3.67. The van der Waals surface area contributed by atoms with Crippen molar-refractivity contribution >= 4 is 56.3 Å². The molecule has 11 heteroatoms. The SMILES string of the molecule is C=CC1=C(CO)c2cc3[n-]c(cc4nc(cc5[n-]c(cc1n2)c(C)c5CC)C(CO)=C4CCC(=O)O)c(CCC(=O)O)c3C.[Fe+2]. The van der Waals surface area contributed by atoms with Gasteiger partial charge >= 0.3 is 29.0 Å². The van der Waals surface area contributed by atoms with Gasteiger partial charge in [-0.1, -0.05) is 66.1 Å². The molecule has 234 valence electrons. The molecule has 3 aromatic rings. The Labute approximate surface area is 270 Å². The second-order valence-electron chi connectivity index (χ2n) is 10.8. The number of carbonyl (C=O) groups is 2. The van der Waals surface area contributed by atoms with Gasteiger partial charge < -0.3 is 30.4 Å². The number of allylic oxidation sites excluding steroid dienone is 3. The molecule has 5 rings (SSSR count). The number of nitrogens with zero attached hydrogens (tertiary/aromatic N) is 4. The van der Waals surface area contributed by atoms with Gasteiger partial charge in [0.25, 0.3) is 0 Å². The minimum Gasteiger partial charge on any atom is -0.657 e. The molecule has 0 radical (unpaired) electrons. The van der Waals surface area contributed by atoms with Crippen LogP contribution >= 0.6 is 0 Å². The summed E-state index contributed by atoms with van der Waals surface area (Å²) < 4.78 is 0. The number of fused-ring (bicyclic) bond motifs is 8. The Morgan fingerprint density at radius 1 is 0.733 bits per heavy atom. The smallest absolute Gasteiger partial charge is 0.657 e. The first-order valence-electron chi connectivity index (χ1n) is 14.5. The van der Waals surface area contributed by atoms with Crippen LogP contribution in [0.25, 0.3) is 44.4 Å². The summed E-state index contributed by atoms with van der Waals surface area (Å²) >= 11 is 0. The van der Waals surface area contributed by atoms with Crippen LogP contribution < -0.4 is 9.97 Å². The summed E-state index contributed by atoms with van der Waals surface area (Å²) in [5.41, 5.74) is 10.3. The maximum absolute atomic E-state index is 11.6. The first-order valence-corrected chi connectivity index (χ1v) is 14.5. The first-order chi connectivity index (χ1) is 21.1. The molecule has 0 saturated carbocycles. The van der Waals surface area contributed by atoms with Crippen molar-refractivity contribution in [2.45, 2.75) is 52.9 Å². The van der Waals surface area contributed by atoms with Gasteiger partial charge in [-0.05, 0) is 38.7 Å². The fourth-order valence-corrected chi connectivity index (χ4v) is 5.96. The van der Waals surface area contributed by atoms with Crippen molar-refractivity contribution in [3.8, 4) is 0 Å². The zero-order valence-corrected chi connectivity index (χ0v) is 26.4. The van der Waals surface area contributed by atoms with Gasteiger partial charge in [0.15, 0.2) is 0 Å². The van der Waals surface area contributed by atoms with E-state index in [0.29, 0.717) is 79.1 Å². The molecule has 45 heavy (non-hydrogen) atoms. The van der Waals surface area contributed by atoms with Gasteiger partial charge in [0.05, 0.1) is 36.0 Å². The summed E-state index contributed by atoms with van der Waals surface area (Å²) in [6.07, 6.45) is 2.42. The summed E-state index contributed by atoms with van der Waals surface area (Å²) in [5.74, 6) is -1.93. The standard InChI is InChI=1S/C34H36N4O6.Fe/c1-5-19-17(3)25-11-28-20(6-2)23(15-39)31(37-28)12-26-18(4)21(7-9-33(41)42)29(36-26)14-30-22(8-10-34(43)44)24(16-40)32(38-30)13-27(19)35-25;/h6,11-14,39-40H,2,5,7-10,15-16H2,1,3-4H3,(H4,35,36,37,38,41,42,43,44);/q;+2/p-2. The van der Waals surface area contributed by atoms with E-state index in [2.05, 4.69) is 6.58 Å². The fourth-order valence-electron chi connectivity index (χ4n) is 5.96. The molecule has 8 bridgehead atoms. The zero-order valence-electron chi connectivity index (χ0n) is 25.3. The van der Waals surface area contributed by atoms with Crippen LogP contribution in [0.5, 0.6) is 0 Å². The maximum atomic E-state index is 11.6. The first kappa shape index (κ1) is 33.6. The second kappa shape index (κ2) is 13.8. The van der Waals surface area contributed by atoms with Crippen molar-refractivity contribution in [1.29, 1.82) is 0 Å². The van der Waals surface area contributed by atoms with Gasteiger partial charge in [0.1, 0.15) is 0 Å². The van der Waals surface area contributed by atoms with E-state index < -0.39 is 11.9 Å². The van der Waals surface area contributed by atoms with Gasteiger partial charge in [-0.25, -0.2) is 9.97 Å². The van der Waals surface area contributed by atoms with Crippen LogP contribution in [0.1, 0.15) is 71.2 Å². The number of carboxylic acid groups (broad SMARTS) is 2. The van der Waals surface area contributed by atoms with Crippen molar-refractivity contribution in [3.05, 3.63) is 81.9 Å². The molecule has 2 aliphatic rings. The normalized spacial score (nSPS) is 12.8. The Hall–Kier alpha value is -4.28. The number of rotatable bonds is 10. The third kappa shape index (κ3) is 6.43. The predicted molar refractivity (Wildman–Crippen MR) is 169 cm³/mol. The van der Waals surface area contributed by atoms with E-state index in [1.807, 2.05) is 32.9 Å². The third-order valence-corrected chi connectivity index (χ3v) is 8.29. The van der Waals surface area contributed by atoms with Crippen LogP contribution in [0.4, 0.5) is 0 Å². The quantitative estimate of drug-likeness (QED) is 0.227. The maximum Gasteiger partial charge on any atom is 2.00 e. The molecule has 0 atom stereocenters. The summed E-state index contributed by atoms with van der Waals surface area (Å²) in [5, 5.41) is 39.7. The Morgan fingerprint density at radius 3 is 1.76 bits per heavy atom. The van der Waals surface area contributed by atoms with Crippen LogP contribution in [0.15, 0.2) is 36.9 Å². The molecule has 0 fully saturated rings. The molecule has 4 N–H and O–H groups in total. The van der Waals surface area contributed by atoms with Gasteiger partial charge in [0, 0.05) is 29.6 Å². The molecule has 3 aromatic heterocycles. The average molecular weight is 651 g/mol. The van der Waals surface area contributed by atoms with Crippen molar-refractivity contribution in [1.82, 2.24) is 19.9 Å². The largest absolute Gasteiger partial charge is 2.00 e. The van der Waals surface area contributed by atoms with E-state index in [4.69, 9.17) is 19.9 Å². The molecule has 0 unspecified atom stereocenters. The number of aromatic nitrogens is 4. The van der Waals surface area contributed by atoms with Crippen LogP contribution in [0.3, 0.4) is 0 Å². The minimum atomic E-state index is -0.979. The van der Waals surface area contributed by atoms with E-state index in [-0.39, 0.29) is 56.0 Å². The number of hydrogen-bond donors (Lipinski definition) is 4. The minimum absolute atomic E-state index is 0. The second-order valence-corrected chi connectivity index (χ2v) is 10.8. The monoisotopic (exact) mass is 650 g/mol. The Balaban J connectivity index is 0.00000461. The third-order valence-electron chi connectivity index (χ3n) is 8.29. The van der Waals surface area contributed by atoms with Crippen LogP contribution in [-0.4, -0.2) is 55.5 Å². The van der Waals surface area contributed by atoms with E-state index >= 15 is 0 Å². The Morgan fingerprint density at radius 2 is 1.20 bits per heavy atom. The van der Waals surface area contributed by atoms with Crippen molar-refractivity contribution < 1.29 is 47.1 Å². The number of aliphatic hydroxyl groups is 2. The number of aryl methyl sites for hydroxylation is 4. The molecule has 5 heterocycles. The van der Waals surface area contributed by atoms with E-state index in [1.165, 1.54) is 0 Å². The molecular formula is C34H34FeN4O6. The summed E-state index contributed by atoms with van der Waals surface area (Å²) in [7, 11) is 0. The van der Waals surface area contributed by atoms with Crippen molar-refractivity contribution in [2.75, 3.05) is 13.2 Å². The predicted octanol–water partition coefficient (Wildman–Crippen LogP) is 4.62. The number of carboxylic acids is 2. The summed E-state index contributed by atoms with van der Waals surface area (Å²) in [4.78, 5) is 42.6. The van der Waals surface area contributed by atoms with Crippen LogP contribution in [-0.2, 0) is 39.5 Å². The Kier molecular flexibility index (Phi) is 10.3. The van der Waals surface area contributed by atoms with E-state index in [9.17, 15) is 30.0 Å². The van der Waals surface area contributed by atoms with Gasteiger partial charge in [0.2, 0.25) is 0 Å². The molecule has 10 nitrogen and oxygen atoms in total. The topological polar surface area (TPSA) is 169 Å². The van der Waals surface area contributed by atoms with Gasteiger partial charge in [-0.3, -0.25) is 9.59 Å². The molecule has 0 amide bonds. The van der Waals surface area contributed by atoms with E-state index in [1.54, 1.807) is 18.2 Å². The molecule has 0 saturated heterocycles. The molecule has 2 aliphatic heterocycles. The zero-order chi connectivity index (χ0) is 31.7. The molecule has 0 aliphatic carbocycles. The van der Waals surface area contributed by atoms with Crippen molar-refractivity contribution in [2.24, 2.45) is 0 Å². The van der Waals surface area contributed by atoms with E-state index in [0.717, 1.165) is 16.7 Å². The summed E-state index contributed by atoms with van der Waals surface area (Å²) in [6.45, 7) is 9.20. The van der Waals surface area contributed by atoms with Crippen LogP contribution in [0.2, 0.25) is 0 Å². The van der Waals surface area contributed by atoms with Crippen molar-refractivity contribution in [3.63, 3.8) is 0 Å². The summed E-state index contributed by atoms with van der Waals surface area (Å²) in [6, 6.07) is 7.18. The number of aliphatic carboxylic acids is 2. The van der Waals surface area contributed by atoms with Crippen LogP contribution in [0, 0.1) is 13.8 Å². The molecule has 0 aromatic carbocycles. The van der Waals surface area contributed by atoms with Gasteiger partial charge in [-0.15, -0.1) is 22.1 Å².